The van der Waals surface area contributed by atoms with Gasteiger partial charge in [-0.25, -0.2) is 5.84 Å². The second-order valence-electron chi connectivity index (χ2n) is 4.19. The largest absolute Gasteiger partial charge is 0.369 e. The summed E-state index contributed by atoms with van der Waals surface area (Å²) in [6.07, 6.45) is 4.83. The van der Waals surface area contributed by atoms with Crippen molar-refractivity contribution in [1.29, 1.82) is 0 Å². The molecule has 1 fully saturated rings. The number of nitrogens with one attached hydrogen (secondary N) is 1. The third-order valence-electron chi connectivity index (χ3n) is 2.99. The highest BCUT2D eigenvalue weighted by molar-refractivity contribution is 5.77. The van der Waals surface area contributed by atoms with Crippen molar-refractivity contribution in [2.75, 3.05) is 13.1 Å². The maximum absolute atomic E-state index is 11.0. The van der Waals surface area contributed by atoms with E-state index in [0.717, 1.165) is 12.8 Å². The number of hydrogen-bond acceptors (Lipinski definition) is 4. The molecule has 0 aromatic rings. The van der Waals surface area contributed by atoms with Crippen LogP contribution in [0, 0.1) is 0 Å². The maximum atomic E-state index is 11.0. The van der Waals surface area contributed by atoms with Gasteiger partial charge in [0.1, 0.15) is 0 Å². The van der Waals surface area contributed by atoms with E-state index in [2.05, 4.69) is 5.43 Å². The summed E-state index contributed by atoms with van der Waals surface area (Å²) in [6, 6.07) is 0.387. The van der Waals surface area contributed by atoms with Gasteiger partial charge in [0.2, 0.25) is 11.8 Å². The summed E-state index contributed by atoms with van der Waals surface area (Å²) < 4.78 is 0. The fraction of sp³-hybridized carbons (Fsp3) is 0.800. The van der Waals surface area contributed by atoms with Crippen LogP contribution in [0.15, 0.2) is 0 Å². The van der Waals surface area contributed by atoms with Crippen LogP contribution in [0.4, 0.5) is 0 Å². The van der Waals surface area contributed by atoms with Crippen LogP contribution in [0.1, 0.15) is 32.1 Å². The van der Waals surface area contributed by atoms with E-state index in [-0.39, 0.29) is 18.4 Å². The Labute approximate surface area is 95.3 Å². The van der Waals surface area contributed by atoms with Crippen LogP contribution in [-0.4, -0.2) is 35.8 Å². The van der Waals surface area contributed by atoms with Crippen molar-refractivity contribution in [1.82, 2.24) is 10.3 Å². The summed E-state index contributed by atoms with van der Waals surface area (Å²) in [5, 5.41) is 0. The highest BCUT2D eigenvalue weighted by Gasteiger charge is 2.23. The van der Waals surface area contributed by atoms with Crippen LogP contribution in [-0.2, 0) is 9.59 Å². The van der Waals surface area contributed by atoms with Gasteiger partial charge in [0.15, 0.2) is 0 Å². The van der Waals surface area contributed by atoms with E-state index in [4.69, 9.17) is 11.6 Å². The second kappa shape index (κ2) is 6.44. The summed E-state index contributed by atoms with van der Waals surface area (Å²) in [5.41, 5.74) is 7.28. The van der Waals surface area contributed by atoms with E-state index in [1.807, 2.05) is 4.90 Å². The quantitative estimate of drug-likeness (QED) is 0.311. The predicted molar refractivity (Wildman–Crippen MR) is 60.0 cm³/mol. The zero-order valence-corrected chi connectivity index (χ0v) is 9.45. The maximum Gasteiger partial charge on any atom is 0.235 e. The zero-order valence-electron chi connectivity index (χ0n) is 9.45. The Morgan fingerprint density at radius 3 is 2.44 bits per heavy atom. The molecule has 0 spiro atoms. The van der Waals surface area contributed by atoms with Gasteiger partial charge in [-0.05, 0) is 12.8 Å². The monoisotopic (exact) mass is 228 g/mol. The fourth-order valence-electron chi connectivity index (χ4n) is 2.18. The number of primary amides is 1. The molecule has 1 aliphatic carbocycles. The third kappa shape index (κ3) is 4.16. The van der Waals surface area contributed by atoms with Gasteiger partial charge in [-0.3, -0.25) is 19.9 Å². The van der Waals surface area contributed by atoms with E-state index in [0.29, 0.717) is 19.0 Å². The van der Waals surface area contributed by atoms with Crippen LogP contribution in [0.3, 0.4) is 0 Å². The van der Waals surface area contributed by atoms with Gasteiger partial charge in [-0.1, -0.05) is 12.8 Å². The first-order chi connectivity index (χ1) is 7.63. The summed E-state index contributed by atoms with van der Waals surface area (Å²) in [7, 11) is 0. The molecule has 5 N–H and O–H groups in total. The minimum atomic E-state index is -0.347. The standard InChI is InChI=1S/C10H20N4O2/c11-9(15)7-14(6-5-10(16)13-12)8-3-1-2-4-8/h8H,1-7,12H2,(H2,11,15)(H,13,16). The average Bonchev–Trinajstić information content (AvgIpc) is 2.76. The molecule has 0 aromatic heterocycles. The molecule has 92 valence electrons. The van der Waals surface area contributed by atoms with Crippen LogP contribution in [0.5, 0.6) is 0 Å². The summed E-state index contributed by atoms with van der Waals surface area (Å²) >= 11 is 0. The smallest absolute Gasteiger partial charge is 0.235 e. The fourth-order valence-corrected chi connectivity index (χ4v) is 2.18. The molecule has 0 radical (unpaired) electrons. The van der Waals surface area contributed by atoms with Gasteiger partial charge in [0, 0.05) is 19.0 Å². The molecule has 6 heteroatoms. The first-order valence-corrected chi connectivity index (χ1v) is 5.65. The first-order valence-electron chi connectivity index (χ1n) is 5.65. The third-order valence-corrected chi connectivity index (χ3v) is 2.99. The Balaban J connectivity index is 2.42. The number of rotatable bonds is 6. The molecule has 0 atom stereocenters. The van der Waals surface area contributed by atoms with E-state index in [1.54, 1.807) is 0 Å². The lowest BCUT2D eigenvalue weighted by molar-refractivity contribution is -0.123. The van der Waals surface area contributed by atoms with Gasteiger partial charge in [-0.15, -0.1) is 0 Å². The Morgan fingerprint density at radius 1 is 1.31 bits per heavy atom. The highest BCUT2D eigenvalue weighted by atomic mass is 16.2. The van der Waals surface area contributed by atoms with Crippen LogP contribution >= 0.6 is 0 Å². The van der Waals surface area contributed by atoms with Gasteiger partial charge in [0.05, 0.1) is 6.54 Å². The lowest BCUT2D eigenvalue weighted by atomic mass is 10.2. The topological polar surface area (TPSA) is 101 Å². The van der Waals surface area contributed by atoms with Crippen molar-refractivity contribution in [3.8, 4) is 0 Å². The molecule has 0 heterocycles. The lowest BCUT2D eigenvalue weighted by Crippen LogP contribution is -2.42. The summed E-state index contributed by atoms with van der Waals surface area (Å²) in [6.45, 7) is 0.763. The molecule has 6 nitrogen and oxygen atoms in total. The molecule has 1 saturated carbocycles. The minimum Gasteiger partial charge on any atom is -0.369 e. The normalized spacial score (nSPS) is 16.6. The summed E-state index contributed by atoms with van der Waals surface area (Å²) in [4.78, 5) is 24.0. The Kier molecular flexibility index (Phi) is 5.21. The molecule has 2 amide bonds. The molecule has 0 aliphatic heterocycles. The SMILES string of the molecule is NNC(=O)CCN(CC(N)=O)C1CCCC1. The lowest BCUT2D eigenvalue weighted by Gasteiger charge is -2.26. The predicted octanol–water partition coefficient (Wildman–Crippen LogP) is -0.904. The second-order valence-corrected chi connectivity index (χ2v) is 4.19. The van der Waals surface area contributed by atoms with Crippen LogP contribution < -0.4 is 17.0 Å². The number of carbonyl (C=O) groups excluding carboxylic acids is 2. The minimum absolute atomic E-state index is 0.215. The molecule has 0 bridgehead atoms. The molecule has 0 aromatic carbocycles. The van der Waals surface area contributed by atoms with Crippen molar-refractivity contribution in [2.24, 2.45) is 11.6 Å². The Bertz CT molecular complexity index is 251. The molecule has 1 aliphatic rings. The number of amides is 2. The number of hydrazine groups is 1. The number of nitrogens with two attached hydrogens (primary N) is 2. The van der Waals surface area contributed by atoms with Crippen molar-refractivity contribution in [3.63, 3.8) is 0 Å². The van der Waals surface area contributed by atoms with E-state index >= 15 is 0 Å². The number of nitrogens with zero attached hydrogens (tertiary/aromatic N) is 1. The van der Waals surface area contributed by atoms with Crippen molar-refractivity contribution < 1.29 is 9.59 Å². The Morgan fingerprint density at radius 2 is 1.94 bits per heavy atom. The molecule has 1 rings (SSSR count). The van der Waals surface area contributed by atoms with E-state index in [1.165, 1.54) is 12.8 Å². The van der Waals surface area contributed by atoms with E-state index in [9.17, 15) is 9.59 Å². The van der Waals surface area contributed by atoms with Crippen molar-refractivity contribution >= 4 is 11.8 Å². The van der Waals surface area contributed by atoms with Crippen molar-refractivity contribution in [2.45, 2.75) is 38.1 Å². The Hall–Kier alpha value is -1.14. The van der Waals surface area contributed by atoms with Gasteiger partial charge >= 0.3 is 0 Å². The molecule has 16 heavy (non-hydrogen) atoms. The molecular weight excluding hydrogens is 208 g/mol. The summed E-state index contributed by atoms with van der Waals surface area (Å²) in [5.74, 6) is 4.44. The molecular formula is C10H20N4O2. The first kappa shape index (κ1) is 12.9. The van der Waals surface area contributed by atoms with Gasteiger partial charge in [0.25, 0.3) is 0 Å². The van der Waals surface area contributed by atoms with Crippen LogP contribution in [0.2, 0.25) is 0 Å². The van der Waals surface area contributed by atoms with Crippen molar-refractivity contribution in [3.05, 3.63) is 0 Å². The van der Waals surface area contributed by atoms with Crippen LogP contribution in [0.25, 0.3) is 0 Å². The van der Waals surface area contributed by atoms with E-state index < -0.39 is 0 Å². The van der Waals surface area contributed by atoms with Gasteiger partial charge in [-0.2, -0.15) is 0 Å². The van der Waals surface area contributed by atoms with Gasteiger partial charge < -0.3 is 5.73 Å². The number of carbonyl (C=O) groups is 2. The molecule has 0 saturated heterocycles. The zero-order chi connectivity index (χ0) is 12.0. The average molecular weight is 228 g/mol. The molecule has 0 unspecified atom stereocenters. The number of hydrogen-bond donors (Lipinski definition) is 3. The highest BCUT2D eigenvalue weighted by Crippen LogP contribution is 2.23.